The maximum atomic E-state index is 10.2. The van der Waals surface area contributed by atoms with Crippen molar-refractivity contribution in [2.45, 2.75) is 24.5 Å². The van der Waals surface area contributed by atoms with Crippen LogP contribution in [-0.2, 0) is 14.5 Å². The van der Waals surface area contributed by atoms with Gasteiger partial charge in [0.05, 0.1) is 13.7 Å². The molecule has 4 atom stereocenters. The van der Waals surface area contributed by atoms with E-state index < -0.39 is 24.5 Å². The lowest BCUT2D eigenvalue weighted by Gasteiger charge is -2.20. The largest absolute Gasteiger partial charge is 0.394 e. The fourth-order valence-electron chi connectivity index (χ4n) is 2.42. The lowest BCUT2D eigenvalue weighted by atomic mass is 10.1. The van der Waals surface area contributed by atoms with Gasteiger partial charge in [0.2, 0.25) is 0 Å². The highest BCUT2D eigenvalue weighted by Gasteiger charge is 2.47. The maximum absolute atomic E-state index is 10.2. The number of aliphatic hydroxyl groups excluding tert-OH is 2. The van der Waals surface area contributed by atoms with Crippen LogP contribution in [-0.4, -0.2) is 61.8 Å². The van der Waals surface area contributed by atoms with E-state index in [-0.39, 0.29) is 12.4 Å². The molecule has 4 N–H and O–H groups in total. The zero-order valence-corrected chi connectivity index (χ0v) is 13.0. The summed E-state index contributed by atoms with van der Waals surface area (Å²) in [5.41, 5.74) is 6.57. The standard InChI is InChI=1S/C11H14BrN5O5/c1-20-22-7-6(19)4(2-18)21-10(7)17-9-5(16-11(17)12)8(13)14-3-15-9/h3-4,6-7,10,18-19H,2H2,1H3,(H2,13,14,15)/t4-,6+,7-,10-/m1/s1. The Kier molecular flexibility index (Phi) is 4.25. The van der Waals surface area contributed by atoms with Gasteiger partial charge in [-0.2, -0.15) is 0 Å². The molecular weight excluding hydrogens is 362 g/mol. The number of nitrogens with zero attached hydrogens (tertiary/aromatic N) is 4. The summed E-state index contributed by atoms with van der Waals surface area (Å²) in [6.45, 7) is -0.372. The van der Waals surface area contributed by atoms with Crippen LogP contribution in [0.25, 0.3) is 11.2 Å². The molecule has 11 heteroatoms. The monoisotopic (exact) mass is 375 g/mol. The molecule has 0 saturated carbocycles. The zero-order valence-electron chi connectivity index (χ0n) is 11.5. The number of nitrogen functional groups attached to an aromatic ring is 1. The van der Waals surface area contributed by atoms with Gasteiger partial charge in [0.1, 0.15) is 18.5 Å². The van der Waals surface area contributed by atoms with Gasteiger partial charge in [-0.15, -0.1) is 0 Å². The molecule has 0 aliphatic carbocycles. The van der Waals surface area contributed by atoms with Crippen molar-refractivity contribution < 1.29 is 24.7 Å². The minimum atomic E-state index is -1.08. The highest BCUT2D eigenvalue weighted by atomic mass is 79.9. The summed E-state index contributed by atoms with van der Waals surface area (Å²) >= 11 is 3.30. The summed E-state index contributed by atoms with van der Waals surface area (Å²) < 4.78 is 7.57. The number of anilines is 1. The summed E-state index contributed by atoms with van der Waals surface area (Å²) in [6, 6.07) is 0. The first-order chi connectivity index (χ1) is 10.6. The molecule has 0 spiro atoms. The SMILES string of the molecule is COO[C@@H]1[C@@H](O)[C@@H](CO)O[C@H]1n1c(Br)nc2c(N)ncnc21. The van der Waals surface area contributed by atoms with Crippen LogP contribution in [0.2, 0.25) is 0 Å². The molecule has 10 nitrogen and oxygen atoms in total. The minimum absolute atomic E-state index is 0.214. The average molecular weight is 376 g/mol. The molecule has 22 heavy (non-hydrogen) atoms. The third-order valence-corrected chi connectivity index (χ3v) is 3.98. The maximum Gasteiger partial charge on any atom is 0.181 e. The van der Waals surface area contributed by atoms with Crippen LogP contribution in [0.3, 0.4) is 0 Å². The first-order valence-corrected chi connectivity index (χ1v) is 7.15. The number of aromatic nitrogens is 4. The normalized spacial score (nSPS) is 28.5. The highest BCUT2D eigenvalue weighted by molar-refractivity contribution is 9.10. The molecule has 0 amide bonds. The molecule has 0 radical (unpaired) electrons. The Morgan fingerprint density at radius 2 is 2.27 bits per heavy atom. The Morgan fingerprint density at radius 1 is 1.50 bits per heavy atom. The number of aliphatic hydroxyl groups is 2. The minimum Gasteiger partial charge on any atom is -0.394 e. The first-order valence-electron chi connectivity index (χ1n) is 6.36. The van der Waals surface area contributed by atoms with Crippen LogP contribution < -0.4 is 5.73 Å². The Bertz CT molecular complexity index is 682. The zero-order chi connectivity index (χ0) is 15.9. The van der Waals surface area contributed by atoms with Crippen molar-refractivity contribution in [3.63, 3.8) is 0 Å². The van der Waals surface area contributed by atoms with Gasteiger partial charge in [0.25, 0.3) is 0 Å². The van der Waals surface area contributed by atoms with Gasteiger partial charge in [-0.25, -0.2) is 24.7 Å². The molecule has 2 aromatic rings. The summed E-state index contributed by atoms with van der Waals surface area (Å²) in [7, 11) is 1.32. The fourth-order valence-corrected chi connectivity index (χ4v) is 2.96. The smallest absolute Gasteiger partial charge is 0.181 e. The van der Waals surface area contributed by atoms with Crippen LogP contribution in [0.15, 0.2) is 11.1 Å². The molecule has 0 unspecified atom stereocenters. The molecule has 120 valence electrons. The number of nitrogens with two attached hydrogens (primary N) is 1. The highest BCUT2D eigenvalue weighted by Crippen LogP contribution is 2.36. The predicted molar refractivity (Wildman–Crippen MR) is 76.3 cm³/mol. The molecule has 1 fully saturated rings. The summed E-state index contributed by atoms with van der Waals surface area (Å²) in [5, 5.41) is 19.5. The van der Waals surface area contributed by atoms with E-state index in [1.54, 1.807) is 4.57 Å². The van der Waals surface area contributed by atoms with Crippen molar-refractivity contribution in [3.05, 3.63) is 11.1 Å². The van der Waals surface area contributed by atoms with E-state index in [9.17, 15) is 10.2 Å². The quantitative estimate of drug-likeness (QED) is 0.362. The number of hydrogen-bond donors (Lipinski definition) is 3. The van der Waals surface area contributed by atoms with E-state index in [0.29, 0.717) is 15.9 Å². The average Bonchev–Trinajstić information content (AvgIpc) is 2.98. The van der Waals surface area contributed by atoms with E-state index in [2.05, 4.69) is 35.8 Å². The van der Waals surface area contributed by atoms with Gasteiger partial charge in [-0.05, 0) is 15.9 Å². The molecule has 1 aliphatic heterocycles. The van der Waals surface area contributed by atoms with Gasteiger partial charge in [-0.3, -0.25) is 4.57 Å². The summed E-state index contributed by atoms with van der Waals surface area (Å²) in [4.78, 5) is 22.0. The number of rotatable bonds is 4. The first kappa shape index (κ1) is 15.5. The second-order valence-electron chi connectivity index (χ2n) is 4.65. The Labute approximate surface area is 132 Å². The number of hydrogen-bond acceptors (Lipinski definition) is 9. The van der Waals surface area contributed by atoms with E-state index in [1.165, 1.54) is 13.4 Å². The third kappa shape index (κ3) is 2.35. The Balaban J connectivity index is 2.09. The number of halogens is 1. The lowest BCUT2D eigenvalue weighted by molar-refractivity contribution is -0.327. The molecule has 2 aromatic heterocycles. The van der Waals surface area contributed by atoms with Crippen LogP contribution in [0.4, 0.5) is 5.82 Å². The van der Waals surface area contributed by atoms with E-state index >= 15 is 0 Å². The van der Waals surface area contributed by atoms with Crippen molar-refractivity contribution in [3.8, 4) is 0 Å². The lowest BCUT2D eigenvalue weighted by Crippen LogP contribution is -2.35. The van der Waals surface area contributed by atoms with Gasteiger partial charge in [-0.1, -0.05) is 0 Å². The molecule has 3 heterocycles. The van der Waals surface area contributed by atoms with Crippen molar-refractivity contribution >= 4 is 32.9 Å². The van der Waals surface area contributed by atoms with Crippen molar-refractivity contribution in [2.24, 2.45) is 0 Å². The van der Waals surface area contributed by atoms with Crippen molar-refractivity contribution in [1.82, 2.24) is 19.5 Å². The molecule has 1 aliphatic rings. The Morgan fingerprint density at radius 3 is 2.95 bits per heavy atom. The van der Waals surface area contributed by atoms with E-state index in [0.717, 1.165) is 0 Å². The van der Waals surface area contributed by atoms with Gasteiger partial charge < -0.3 is 20.7 Å². The number of fused-ring (bicyclic) bond motifs is 1. The topological polar surface area (TPSA) is 138 Å². The van der Waals surface area contributed by atoms with Crippen LogP contribution in [0, 0.1) is 0 Å². The van der Waals surface area contributed by atoms with E-state index in [4.69, 9.17) is 15.4 Å². The number of imidazole rings is 1. The summed E-state index contributed by atoms with van der Waals surface area (Å²) in [6.07, 6.45) is -2.32. The van der Waals surface area contributed by atoms with Crippen molar-refractivity contribution in [1.29, 1.82) is 0 Å². The van der Waals surface area contributed by atoms with Crippen molar-refractivity contribution in [2.75, 3.05) is 19.5 Å². The molecule has 0 bridgehead atoms. The predicted octanol–water partition coefficient (Wildman–Crippen LogP) is -0.632. The molecular formula is C11H14BrN5O5. The molecule has 3 rings (SSSR count). The van der Waals surface area contributed by atoms with Gasteiger partial charge in [0.15, 0.2) is 34.0 Å². The van der Waals surface area contributed by atoms with Crippen LogP contribution in [0.5, 0.6) is 0 Å². The van der Waals surface area contributed by atoms with Gasteiger partial charge >= 0.3 is 0 Å². The van der Waals surface area contributed by atoms with E-state index in [1.807, 2.05) is 0 Å². The van der Waals surface area contributed by atoms with Crippen LogP contribution in [0.1, 0.15) is 6.23 Å². The second kappa shape index (κ2) is 6.02. The Hall–Kier alpha value is -1.37. The third-order valence-electron chi connectivity index (χ3n) is 3.42. The fraction of sp³-hybridized carbons (Fsp3) is 0.545. The van der Waals surface area contributed by atoms with Crippen LogP contribution >= 0.6 is 15.9 Å². The number of ether oxygens (including phenoxy) is 1. The molecule has 1 saturated heterocycles. The second-order valence-corrected chi connectivity index (χ2v) is 5.36. The van der Waals surface area contributed by atoms with Gasteiger partial charge in [0, 0.05) is 0 Å². The summed E-state index contributed by atoms with van der Waals surface area (Å²) in [5.74, 6) is 0.214. The molecule has 0 aromatic carbocycles.